The van der Waals surface area contributed by atoms with Gasteiger partial charge in [-0.15, -0.1) is 0 Å². The fourth-order valence-electron chi connectivity index (χ4n) is 3.08. The molecule has 0 aliphatic carbocycles. The Morgan fingerprint density at radius 3 is 2.41 bits per heavy atom. The molecule has 6 nitrogen and oxygen atoms in total. The van der Waals surface area contributed by atoms with Crippen molar-refractivity contribution in [3.63, 3.8) is 0 Å². The monoisotopic (exact) mass is 479 g/mol. The molecule has 2 heterocycles. The van der Waals surface area contributed by atoms with Gasteiger partial charge in [0.05, 0.1) is 26.3 Å². The summed E-state index contributed by atoms with van der Waals surface area (Å²) in [6, 6.07) is 19.7. The van der Waals surface area contributed by atoms with Crippen molar-refractivity contribution in [1.29, 1.82) is 10.5 Å². The summed E-state index contributed by atoms with van der Waals surface area (Å²) in [6.45, 7) is 0. The van der Waals surface area contributed by atoms with Crippen molar-refractivity contribution in [2.75, 3.05) is 5.73 Å². The third-order valence-corrected chi connectivity index (χ3v) is 5.63. The quantitative estimate of drug-likeness (QED) is 0.261. The van der Waals surface area contributed by atoms with E-state index in [-0.39, 0.29) is 22.6 Å². The van der Waals surface area contributed by atoms with E-state index in [0.29, 0.717) is 37.8 Å². The number of allylic oxidation sites excluding steroid dienone is 1. The number of nitrogens with two attached hydrogens (primary N) is 1. The Balaban J connectivity index is 1.77. The van der Waals surface area contributed by atoms with Crippen LogP contribution in [-0.2, 0) is 0 Å². The third-order valence-electron chi connectivity index (χ3n) is 4.60. The largest absolute Gasteiger partial charge is 0.457 e. The number of hydrogen-bond donors (Lipinski definition) is 1. The number of rotatable bonds is 4. The number of furan rings is 1. The lowest BCUT2D eigenvalue weighted by atomic mass is 10.1. The molecule has 0 fully saturated rings. The predicted molar refractivity (Wildman–Crippen MR) is 125 cm³/mol. The second-order valence-corrected chi connectivity index (χ2v) is 7.81. The van der Waals surface area contributed by atoms with Crippen LogP contribution in [0.25, 0.3) is 28.7 Å². The highest BCUT2D eigenvalue weighted by atomic mass is 35.5. The van der Waals surface area contributed by atoms with E-state index in [1.54, 1.807) is 30.3 Å². The van der Waals surface area contributed by atoms with Crippen molar-refractivity contribution in [3.8, 4) is 29.1 Å². The molecule has 0 aliphatic rings. The average Bonchev–Trinajstić information content (AvgIpc) is 3.39. The topological polar surface area (TPSA) is 105 Å². The zero-order chi connectivity index (χ0) is 22.8. The Morgan fingerprint density at radius 1 is 1.00 bits per heavy atom. The molecule has 0 saturated carbocycles. The lowest BCUT2D eigenvalue weighted by molar-refractivity contribution is 0.572. The van der Waals surface area contributed by atoms with Crippen LogP contribution in [0.5, 0.6) is 0 Å². The van der Waals surface area contributed by atoms with Gasteiger partial charge in [0.15, 0.2) is 0 Å². The number of aromatic nitrogens is 2. The molecule has 0 aliphatic heterocycles. The molecule has 4 aromatic rings. The van der Waals surface area contributed by atoms with E-state index in [2.05, 4.69) is 11.2 Å². The molecule has 9 heteroatoms. The standard InChI is InChI=1S/C23H12Cl3N5O/c24-18-10-20(26)19(25)9-16(18)21-7-6-15(32-21)8-13(11-27)22-17(12-28)23(29)31(30-22)14-4-2-1-3-5-14/h1-10H,29H2. The van der Waals surface area contributed by atoms with Crippen LogP contribution < -0.4 is 5.73 Å². The molecule has 4 rings (SSSR count). The molecule has 0 amide bonds. The van der Waals surface area contributed by atoms with Gasteiger partial charge in [-0.2, -0.15) is 15.6 Å². The van der Waals surface area contributed by atoms with Gasteiger partial charge in [-0.05, 0) is 36.4 Å². The predicted octanol–water partition coefficient (Wildman–Crippen LogP) is 6.61. The van der Waals surface area contributed by atoms with E-state index in [1.165, 1.54) is 16.8 Å². The van der Waals surface area contributed by atoms with Crippen molar-refractivity contribution in [1.82, 2.24) is 9.78 Å². The molecule has 0 bridgehead atoms. The maximum atomic E-state index is 9.75. The first-order valence-electron chi connectivity index (χ1n) is 9.14. The second-order valence-electron chi connectivity index (χ2n) is 6.59. The first kappa shape index (κ1) is 21.5. The van der Waals surface area contributed by atoms with Crippen molar-refractivity contribution >= 4 is 52.3 Å². The van der Waals surface area contributed by atoms with E-state index in [4.69, 9.17) is 45.0 Å². The zero-order valence-corrected chi connectivity index (χ0v) is 18.4. The van der Waals surface area contributed by atoms with E-state index in [9.17, 15) is 10.5 Å². The summed E-state index contributed by atoms with van der Waals surface area (Å²) in [7, 11) is 0. The minimum absolute atomic E-state index is 0.0981. The first-order chi connectivity index (χ1) is 15.4. The van der Waals surface area contributed by atoms with E-state index >= 15 is 0 Å². The Labute approximate surface area is 198 Å². The van der Waals surface area contributed by atoms with Crippen LogP contribution in [-0.4, -0.2) is 9.78 Å². The highest BCUT2D eigenvalue weighted by Gasteiger charge is 2.20. The van der Waals surface area contributed by atoms with Crippen LogP contribution in [0.4, 0.5) is 5.82 Å². The van der Waals surface area contributed by atoms with Crippen LogP contribution >= 0.6 is 34.8 Å². The number of nitrogens with zero attached hydrogens (tertiary/aromatic N) is 4. The number of benzene rings is 2. The van der Waals surface area contributed by atoms with Gasteiger partial charge in [0, 0.05) is 11.6 Å². The minimum atomic E-state index is 0.0981. The van der Waals surface area contributed by atoms with Gasteiger partial charge in [-0.25, -0.2) is 4.68 Å². The van der Waals surface area contributed by atoms with Gasteiger partial charge in [-0.1, -0.05) is 53.0 Å². The Hall–Kier alpha value is -3.68. The molecule has 0 spiro atoms. The van der Waals surface area contributed by atoms with Crippen LogP contribution in [0.2, 0.25) is 15.1 Å². The molecule has 156 valence electrons. The molecule has 0 unspecified atom stereocenters. The minimum Gasteiger partial charge on any atom is -0.457 e. The SMILES string of the molecule is N#CC(=Cc1ccc(-c2cc(Cl)c(Cl)cc2Cl)o1)c1nn(-c2ccccc2)c(N)c1C#N. The van der Waals surface area contributed by atoms with E-state index in [1.807, 2.05) is 24.3 Å². The second kappa shape index (κ2) is 8.82. The summed E-state index contributed by atoms with van der Waals surface area (Å²) in [5, 5.41) is 24.8. The summed E-state index contributed by atoms with van der Waals surface area (Å²) in [5.74, 6) is 0.930. The van der Waals surface area contributed by atoms with Crippen LogP contribution in [0.3, 0.4) is 0 Å². The molecule has 2 N–H and O–H groups in total. The van der Waals surface area contributed by atoms with Crippen LogP contribution in [0.1, 0.15) is 17.0 Å². The van der Waals surface area contributed by atoms with Crippen molar-refractivity contribution in [2.24, 2.45) is 0 Å². The Morgan fingerprint density at radius 2 is 1.72 bits per heavy atom. The van der Waals surface area contributed by atoms with E-state index in [0.717, 1.165) is 0 Å². The van der Waals surface area contributed by atoms with Gasteiger partial charge in [0.25, 0.3) is 0 Å². The van der Waals surface area contributed by atoms with Crippen molar-refractivity contribution < 1.29 is 4.42 Å². The van der Waals surface area contributed by atoms with Crippen molar-refractivity contribution in [2.45, 2.75) is 0 Å². The summed E-state index contributed by atoms with van der Waals surface area (Å²) < 4.78 is 7.25. The third kappa shape index (κ3) is 3.95. The maximum Gasteiger partial charge on any atom is 0.145 e. The fraction of sp³-hybridized carbons (Fsp3) is 0. The number of nitriles is 2. The lowest BCUT2D eigenvalue weighted by Gasteiger charge is -2.03. The molecular weight excluding hydrogens is 469 g/mol. The normalized spacial score (nSPS) is 11.2. The molecule has 0 saturated heterocycles. The van der Waals surface area contributed by atoms with Gasteiger partial charge >= 0.3 is 0 Å². The molecule has 2 aromatic carbocycles. The molecule has 32 heavy (non-hydrogen) atoms. The van der Waals surface area contributed by atoms with Gasteiger partial charge in [-0.3, -0.25) is 0 Å². The van der Waals surface area contributed by atoms with Gasteiger partial charge < -0.3 is 10.2 Å². The highest BCUT2D eigenvalue weighted by molar-refractivity contribution is 6.44. The lowest BCUT2D eigenvalue weighted by Crippen LogP contribution is -2.02. The highest BCUT2D eigenvalue weighted by Crippen LogP contribution is 2.36. The van der Waals surface area contributed by atoms with Crippen molar-refractivity contribution in [3.05, 3.63) is 86.7 Å². The number of para-hydroxylation sites is 1. The van der Waals surface area contributed by atoms with E-state index < -0.39 is 0 Å². The molecule has 0 atom stereocenters. The van der Waals surface area contributed by atoms with Crippen LogP contribution in [0.15, 0.2) is 59.0 Å². The first-order valence-corrected chi connectivity index (χ1v) is 10.3. The summed E-state index contributed by atoms with van der Waals surface area (Å²) >= 11 is 18.3. The number of halogens is 3. The summed E-state index contributed by atoms with van der Waals surface area (Å²) in [5.41, 5.74) is 7.72. The van der Waals surface area contributed by atoms with Crippen LogP contribution in [0, 0.1) is 22.7 Å². The molecular formula is C23H12Cl3N5O. The number of anilines is 1. The smallest absolute Gasteiger partial charge is 0.145 e. The number of nitrogen functional groups attached to an aromatic ring is 1. The summed E-state index contributed by atoms with van der Waals surface area (Å²) in [4.78, 5) is 0. The molecule has 0 radical (unpaired) electrons. The van der Waals surface area contributed by atoms with Gasteiger partial charge in [0.1, 0.15) is 40.7 Å². The Bertz CT molecular complexity index is 1440. The number of hydrogen-bond acceptors (Lipinski definition) is 5. The average molecular weight is 481 g/mol. The Kier molecular flexibility index (Phi) is 5.94. The summed E-state index contributed by atoms with van der Waals surface area (Å²) in [6.07, 6.45) is 1.48. The maximum absolute atomic E-state index is 9.75. The zero-order valence-electron chi connectivity index (χ0n) is 16.2. The van der Waals surface area contributed by atoms with Gasteiger partial charge in [0.2, 0.25) is 0 Å². The fourth-order valence-corrected chi connectivity index (χ4v) is 3.72. The molecule has 2 aromatic heterocycles.